The third-order valence-electron chi connectivity index (χ3n) is 2.72. The Morgan fingerprint density at radius 2 is 1.57 bits per heavy atom. The predicted molar refractivity (Wildman–Crippen MR) is 78.7 cm³/mol. The van der Waals surface area contributed by atoms with Crippen LogP contribution in [-0.2, 0) is 6.61 Å². The van der Waals surface area contributed by atoms with E-state index in [1.54, 1.807) is 12.1 Å². The number of hydrogen-bond acceptors (Lipinski definition) is 3. The van der Waals surface area contributed by atoms with E-state index in [0.717, 1.165) is 11.3 Å². The van der Waals surface area contributed by atoms with Gasteiger partial charge in [-0.3, -0.25) is 0 Å². The van der Waals surface area contributed by atoms with Crippen molar-refractivity contribution in [1.29, 1.82) is 0 Å². The van der Waals surface area contributed by atoms with Crippen molar-refractivity contribution in [3.63, 3.8) is 0 Å². The maximum Gasteiger partial charge on any atom is 0.404 e. The zero-order valence-corrected chi connectivity index (χ0v) is 11.5. The molecule has 0 saturated carbocycles. The maximum atomic E-state index is 10.3. The van der Waals surface area contributed by atoms with Gasteiger partial charge in [-0.25, -0.2) is 4.79 Å². The molecule has 110 valence electrons. The molecule has 0 spiro atoms. The molecule has 21 heavy (non-hydrogen) atoms. The summed E-state index contributed by atoms with van der Waals surface area (Å²) in [6.45, 7) is 1.06. The van der Waals surface area contributed by atoms with Crippen LogP contribution in [0.25, 0.3) is 0 Å². The van der Waals surface area contributed by atoms with Gasteiger partial charge in [-0.2, -0.15) is 0 Å². The molecule has 0 aliphatic rings. The Morgan fingerprint density at radius 1 is 0.952 bits per heavy atom. The van der Waals surface area contributed by atoms with Gasteiger partial charge in [0.15, 0.2) is 0 Å². The smallest absolute Gasteiger partial charge is 0.404 e. The van der Waals surface area contributed by atoms with Crippen LogP contribution in [-0.4, -0.2) is 24.4 Å². The summed E-state index contributed by atoms with van der Waals surface area (Å²) < 4.78 is 11.1. The lowest BCUT2D eigenvalue weighted by molar-refractivity contribution is 0.191. The molecule has 0 heterocycles. The molecule has 1 amide bonds. The molecule has 0 aliphatic heterocycles. The second kappa shape index (κ2) is 7.79. The van der Waals surface area contributed by atoms with Crippen LogP contribution in [0.1, 0.15) is 5.56 Å². The van der Waals surface area contributed by atoms with Crippen molar-refractivity contribution in [3.05, 3.63) is 60.2 Å². The quantitative estimate of drug-likeness (QED) is 0.768. The summed E-state index contributed by atoms with van der Waals surface area (Å²) in [6.07, 6.45) is -1.05. The Bertz CT molecular complexity index is 554. The van der Waals surface area contributed by atoms with E-state index in [-0.39, 0.29) is 13.2 Å². The Kier molecular flexibility index (Phi) is 5.46. The molecule has 0 radical (unpaired) electrons. The molecular formula is C16H17NO4. The number of benzene rings is 2. The fourth-order valence-corrected chi connectivity index (χ4v) is 1.70. The average molecular weight is 287 g/mol. The lowest BCUT2D eigenvalue weighted by Gasteiger charge is -2.09. The first kappa shape index (κ1) is 14.7. The summed E-state index contributed by atoms with van der Waals surface area (Å²) in [5, 5.41) is 10.6. The van der Waals surface area contributed by atoms with Gasteiger partial charge in [0.25, 0.3) is 0 Å². The summed E-state index contributed by atoms with van der Waals surface area (Å²) in [4.78, 5) is 10.3. The van der Waals surface area contributed by atoms with Gasteiger partial charge in [-0.05, 0) is 29.8 Å². The first-order valence-electron chi connectivity index (χ1n) is 6.60. The van der Waals surface area contributed by atoms with E-state index in [9.17, 15) is 4.79 Å². The van der Waals surface area contributed by atoms with Gasteiger partial charge in [0.05, 0.1) is 6.54 Å². The molecule has 2 aromatic carbocycles. The molecule has 0 bridgehead atoms. The summed E-state index contributed by atoms with van der Waals surface area (Å²) >= 11 is 0. The van der Waals surface area contributed by atoms with Crippen molar-refractivity contribution in [1.82, 2.24) is 5.32 Å². The number of amides is 1. The highest BCUT2D eigenvalue weighted by Gasteiger charge is 1.98. The van der Waals surface area contributed by atoms with Crippen LogP contribution in [0.4, 0.5) is 4.79 Å². The minimum Gasteiger partial charge on any atom is -0.492 e. The van der Waals surface area contributed by atoms with Crippen molar-refractivity contribution in [3.8, 4) is 11.5 Å². The summed E-state index contributed by atoms with van der Waals surface area (Å²) in [7, 11) is 0. The SMILES string of the molecule is O=C(O)NCCOc1ccc(OCc2ccccc2)cc1. The summed E-state index contributed by atoms with van der Waals surface area (Å²) in [5.74, 6) is 1.43. The standard InChI is InChI=1S/C16H17NO4/c18-16(19)17-10-11-20-14-6-8-15(9-7-14)21-12-13-4-2-1-3-5-13/h1-9,17H,10-12H2,(H,18,19). The van der Waals surface area contributed by atoms with Crippen molar-refractivity contribution < 1.29 is 19.4 Å². The normalized spacial score (nSPS) is 9.90. The van der Waals surface area contributed by atoms with Crippen LogP contribution in [0.3, 0.4) is 0 Å². The van der Waals surface area contributed by atoms with Gasteiger partial charge in [0.1, 0.15) is 24.7 Å². The highest BCUT2D eigenvalue weighted by Crippen LogP contribution is 2.18. The van der Waals surface area contributed by atoms with Gasteiger partial charge in [0.2, 0.25) is 0 Å². The highest BCUT2D eigenvalue weighted by atomic mass is 16.5. The minimum absolute atomic E-state index is 0.252. The first-order chi connectivity index (χ1) is 10.2. The van der Waals surface area contributed by atoms with Crippen LogP contribution < -0.4 is 14.8 Å². The van der Waals surface area contributed by atoms with E-state index in [4.69, 9.17) is 14.6 Å². The molecule has 0 saturated heterocycles. The molecule has 0 aliphatic carbocycles. The van der Waals surface area contributed by atoms with E-state index in [2.05, 4.69) is 5.32 Å². The monoisotopic (exact) mass is 287 g/mol. The molecule has 0 atom stereocenters. The molecule has 0 unspecified atom stereocenters. The van der Waals surface area contributed by atoms with Crippen LogP contribution >= 0.6 is 0 Å². The molecule has 0 fully saturated rings. The molecule has 5 heteroatoms. The number of carbonyl (C=O) groups is 1. The second-order valence-electron chi connectivity index (χ2n) is 4.33. The molecule has 0 aromatic heterocycles. The van der Waals surface area contributed by atoms with Crippen LogP contribution in [0, 0.1) is 0 Å². The number of nitrogens with one attached hydrogen (secondary N) is 1. The molecular weight excluding hydrogens is 270 g/mol. The molecule has 2 aromatic rings. The van der Waals surface area contributed by atoms with Gasteiger partial charge in [-0.1, -0.05) is 30.3 Å². The van der Waals surface area contributed by atoms with E-state index >= 15 is 0 Å². The van der Waals surface area contributed by atoms with Crippen molar-refractivity contribution in [2.24, 2.45) is 0 Å². The van der Waals surface area contributed by atoms with Crippen molar-refractivity contribution in [2.45, 2.75) is 6.61 Å². The molecule has 5 nitrogen and oxygen atoms in total. The van der Waals surface area contributed by atoms with Gasteiger partial charge in [0, 0.05) is 0 Å². The zero-order valence-electron chi connectivity index (χ0n) is 11.5. The van der Waals surface area contributed by atoms with Crippen LogP contribution in [0.5, 0.6) is 11.5 Å². The lowest BCUT2D eigenvalue weighted by Crippen LogP contribution is -2.26. The van der Waals surface area contributed by atoms with E-state index in [0.29, 0.717) is 12.4 Å². The summed E-state index contributed by atoms with van der Waals surface area (Å²) in [5.41, 5.74) is 1.11. The second-order valence-corrected chi connectivity index (χ2v) is 4.33. The fraction of sp³-hybridized carbons (Fsp3) is 0.188. The molecule has 2 rings (SSSR count). The number of rotatable bonds is 7. The first-order valence-corrected chi connectivity index (χ1v) is 6.60. The Labute approximate surface area is 123 Å². The number of ether oxygens (including phenoxy) is 2. The number of hydrogen-bond donors (Lipinski definition) is 2. The fourth-order valence-electron chi connectivity index (χ4n) is 1.70. The molecule has 2 N–H and O–H groups in total. The van der Waals surface area contributed by atoms with Gasteiger partial charge < -0.3 is 19.9 Å². The third kappa shape index (κ3) is 5.44. The number of carboxylic acid groups (broad SMARTS) is 1. The zero-order chi connectivity index (χ0) is 14.9. The minimum atomic E-state index is -1.05. The third-order valence-corrected chi connectivity index (χ3v) is 2.72. The average Bonchev–Trinajstić information content (AvgIpc) is 2.51. The topological polar surface area (TPSA) is 67.8 Å². The summed E-state index contributed by atoms with van der Waals surface area (Å²) in [6, 6.07) is 17.2. The highest BCUT2D eigenvalue weighted by molar-refractivity contribution is 5.64. The van der Waals surface area contributed by atoms with E-state index in [1.807, 2.05) is 42.5 Å². The van der Waals surface area contributed by atoms with Crippen molar-refractivity contribution in [2.75, 3.05) is 13.2 Å². The maximum absolute atomic E-state index is 10.3. The van der Waals surface area contributed by atoms with Crippen LogP contribution in [0.15, 0.2) is 54.6 Å². The largest absolute Gasteiger partial charge is 0.492 e. The van der Waals surface area contributed by atoms with Gasteiger partial charge >= 0.3 is 6.09 Å². The lowest BCUT2D eigenvalue weighted by atomic mass is 10.2. The Hall–Kier alpha value is -2.69. The Morgan fingerprint density at radius 3 is 2.19 bits per heavy atom. The van der Waals surface area contributed by atoms with Crippen LogP contribution in [0.2, 0.25) is 0 Å². The van der Waals surface area contributed by atoms with Gasteiger partial charge in [-0.15, -0.1) is 0 Å². The van der Waals surface area contributed by atoms with E-state index < -0.39 is 6.09 Å². The van der Waals surface area contributed by atoms with Crippen molar-refractivity contribution >= 4 is 6.09 Å². The predicted octanol–water partition coefficient (Wildman–Crippen LogP) is 2.91. The van der Waals surface area contributed by atoms with E-state index in [1.165, 1.54) is 0 Å². The Balaban J connectivity index is 1.75.